The van der Waals surface area contributed by atoms with Crippen molar-refractivity contribution in [3.05, 3.63) is 78.4 Å². The predicted molar refractivity (Wildman–Crippen MR) is 81.9 cm³/mol. The van der Waals surface area contributed by atoms with Crippen LogP contribution in [0.4, 0.5) is 5.69 Å². The van der Waals surface area contributed by atoms with Crippen molar-refractivity contribution in [2.75, 3.05) is 11.9 Å². The van der Waals surface area contributed by atoms with Gasteiger partial charge in [0.05, 0.1) is 0 Å². The quantitative estimate of drug-likeness (QED) is 0.776. The number of nitrogens with zero attached hydrogens (tertiary/aromatic N) is 1. The van der Waals surface area contributed by atoms with Crippen molar-refractivity contribution in [1.29, 1.82) is 0 Å². The molecule has 1 aliphatic heterocycles. The molecular weight excluding hydrogens is 246 g/mol. The largest absolute Gasteiger partial charge is 0.314 e. The maximum absolute atomic E-state index is 13.0. The number of fused-ring (bicyclic) bond motifs is 1. The molecule has 1 aliphatic rings. The lowest BCUT2D eigenvalue weighted by Crippen LogP contribution is -2.39. The average molecular weight is 263 g/mol. The number of rotatable bonds is 3. The summed E-state index contributed by atoms with van der Waals surface area (Å²) in [4.78, 5) is 14.7. The van der Waals surface area contributed by atoms with Gasteiger partial charge in [-0.3, -0.25) is 4.79 Å². The highest BCUT2D eigenvalue weighted by molar-refractivity contribution is 6.10. The van der Waals surface area contributed by atoms with Gasteiger partial charge in [-0.2, -0.15) is 0 Å². The van der Waals surface area contributed by atoms with E-state index in [0.29, 0.717) is 6.42 Å². The molecule has 2 aromatic carbocycles. The molecule has 2 aromatic rings. The lowest BCUT2D eigenvalue weighted by molar-refractivity contribution is -0.121. The van der Waals surface area contributed by atoms with Gasteiger partial charge in [0.15, 0.2) is 0 Å². The molecule has 20 heavy (non-hydrogen) atoms. The van der Waals surface area contributed by atoms with Crippen LogP contribution in [0, 0.1) is 0 Å². The Hall–Kier alpha value is -2.35. The average Bonchev–Trinajstić information content (AvgIpc) is 2.72. The van der Waals surface area contributed by atoms with Gasteiger partial charge in [0.1, 0.15) is 5.41 Å². The Labute approximate surface area is 119 Å². The number of amides is 1. The smallest absolute Gasteiger partial charge is 0.242 e. The van der Waals surface area contributed by atoms with Crippen LogP contribution < -0.4 is 4.90 Å². The summed E-state index contributed by atoms with van der Waals surface area (Å²) in [6.45, 7) is 3.86. The number of likely N-dealkylation sites (N-methyl/N-ethyl adjacent to an activating group) is 1. The monoisotopic (exact) mass is 263 g/mol. The van der Waals surface area contributed by atoms with Crippen molar-refractivity contribution >= 4 is 11.6 Å². The lowest BCUT2D eigenvalue weighted by atomic mass is 9.73. The van der Waals surface area contributed by atoms with Gasteiger partial charge in [0, 0.05) is 12.7 Å². The Morgan fingerprint density at radius 3 is 2.45 bits per heavy atom. The summed E-state index contributed by atoms with van der Waals surface area (Å²) in [6.07, 6.45) is 2.44. The second-order valence-electron chi connectivity index (χ2n) is 5.15. The zero-order valence-corrected chi connectivity index (χ0v) is 11.5. The summed E-state index contributed by atoms with van der Waals surface area (Å²) < 4.78 is 0. The molecule has 0 bridgehead atoms. The Bertz CT molecular complexity index is 662. The molecule has 0 unspecified atom stereocenters. The van der Waals surface area contributed by atoms with Crippen molar-refractivity contribution < 1.29 is 4.79 Å². The van der Waals surface area contributed by atoms with Crippen LogP contribution in [-0.4, -0.2) is 13.0 Å². The van der Waals surface area contributed by atoms with E-state index in [-0.39, 0.29) is 5.91 Å². The standard InChI is InChI=1S/C18H17NO/c1-3-13-18(14-9-5-4-6-10-14)15-11-7-8-12-16(15)19(2)17(18)20/h3-12H,1,13H2,2H3/t18-/m1/s1. The van der Waals surface area contributed by atoms with Crippen LogP contribution in [0.2, 0.25) is 0 Å². The summed E-state index contributed by atoms with van der Waals surface area (Å²) in [5, 5.41) is 0. The summed E-state index contributed by atoms with van der Waals surface area (Å²) in [5.74, 6) is 0.116. The minimum Gasteiger partial charge on any atom is -0.314 e. The van der Waals surface area contributed by atoms with Gasteiger partial charge in [-0.1, -0.05) is 54.6 Å². The van der Waals surface area contributed by atoms with Gasteiger partial charge in [0.25, 0.3) is 0 Å². The molecule has 2 nitrogen and oxygen atoms in total. The van der Waals surface area contributed by atoms with Gasteiger partial charge in [-0.05, 0) is 23.6 Å². The number of allylic oxidation sites excluding steroid dienone is 1. The second-order valence-corrected chi connectivity index (χ2v) is 5.15. The van der Waals surface area contributed by atoms with Crippen molar-refractivity contribution in [3.63, 3.8) is 0 Å². The molecule has 0 aliphatic carbocycles. The molecule has 0 radical (unpaired) electrons. The third kappa shape index (κ3) is 1.54. The molecule has 0 fully saturated rings. The highest BCUT2D eigenvalue weighted by Crippen LogP contribution is 2.47. The van der Waals surface area contributed by atoms with Gasteiger partial charge in [-0.15, -0.1) is 6.58 Å². The molecule has 0 aromatic heterocycles. The zero-order valence-electron chi connectivity index (χ0n) is 11.5. The molecule has 3 rings (SSSR count). The van der Waals surface area contributed by atoms with Crippen LogP contribution in [0.25, 0.3) is 0 Å². The summed E-state index contributed by atoms with van der Waals surface area (Å²) in [7, 11) is 1.84. The van der Waals surface area contributed by atoms with Crippen LogP contribution in [0.5, 0.6) is 0 Å². The molecule has 0 spiro atoms. The number of hydrogen-bond acceptors (Lipinski definition) is 1. The fraction of sp³-hybridized carbons (Fsp3) is 0.167. The topological polar surface area (TPSA) is 20.3 Å². The van der Waals surface area contributed by atoms with E-state index in [1.807, 2.05) is 67.7 Å². The molecule has 1 amide bonds. The number of carbonyl (C=O) groups is 1. The van der Waals surface area contributed by atoms with Crippen LogP contribution in [0.1, 0.15) is 17.5 Å². The first-order chi connectivity index (χ1) is 9.71. The minimum atomic E-state index is -0.631. The van der Waals surface area contributed by atoms with E-state index in [0.717, 1.165) is 16.8 Å². The Kier molecular flexibility index (Phi) is 2.94. The third-order valence-electron chi connectivity index (χ3n) is 4.11. The fourth-order valence-corrected chi connectivity index (χ4v) is 3.17. The first-order valence-corrected chi connectivity index (χ1v) is 6.76. The highest BCUT2D eigenvalue weighted by Gasteiger charge is 2.49. The Balaban J connectivity index is 2.31. The fourth-order valence-electron chi connectivity index (χ4n) is 3.17. The van der Waals surface area contributed by atoms with Crippen LogP contribution in [0.3, 0.4) is 0 Å². The van der Waals surface area contributed by atoms with E-state index in [2.05, 4.69) is 6.58 Å². The molecule has 0 N–H and O–H groups in total. The predicted octanol–water partition coefficient (Wildman–Crippen LogP) is 3.53. The zero-order chi connectivity index (χ0) is 14.2. The first-order valence-electron chi connectivity index (χ1n) is 6.76. The molecule has 1 atom stereocenters. The normalized spacial score (nSPS) is 20.9. The van der Waals surface area contributed by atoms with Crippen molar-refractivity contribution in [2.45, 2.75) is 11.8 Å². The SMILES string of the molecule is C=CC[C@]1(c2ccccc2)C(=O)N(C)c2ccccc21. The molecular formula is C18H17NO. The Morgan fingerprint density at radius 2 is 1.75 bits per heavy atom. The number of benzene rings is 2. The number of para-hydroxylation sites is 1. The highest BCUT2D eigenvalue weighted by atomic mass is 16.2. The van der Waals surface area contributed by atoms with E-state index in [4.69, 9.17) is 0 Å². The Morgan fingerprint density at radius 1 is 1.10 bits per heavy atom. The van der Waals surface area contributed by atoms with Crippen molar-refractivity contribution in [3.8, 4) is 0 Å². The molecule has 0 saturated carbocycles. The van der Waals surface area contributed by atoms with Crippen molar-refractivity contribution in [2.24, 2.45) is 0 Å². The van der Waals surface area contributed by atoms with Gasteiger partial charge in [0.2, 0.25) is 5.91 Å². The van der Waals surface area contributed by atoms with Crippen LogP contribution in [-0.2, 0) is 10.2 Å². The maximum atomic E-state index is 13.0. The molecule has 2 heteroatoms. The van der Waals surface area contributed by atoms with Crippen molar-refractivity contribution in [1.82, 2.24) is 0 Å². The number of carbonyl (C=O) groups excluding carboxylic acids is 1. The molecule has 100 valence electrons. The van der Waals surface area contributed by atoms with E-state index in [9.17, 15) is 4.79 Å². The maximum Gasteiger partial charge on any atom is 0.242 e. The van der Waals surface area contributed by atoms with Gasteiger partial charge < -0.3 is 4.90 Å². The summed E-state index contributed by atoms with van der Waals surface area (Å²) in [6, 6.07) is 18.0. The molecule has 1 heterocycles. The second kappa shape index (κ2) is 4.64. The lowest BCUT2D eigenvalue weighted by Gasteiger charge is -2.27. The van der Waals surface area contributed by atoms with E-state index in [1.54, 1.807) is 4.90 Å². The third-order valence-corrected chi connectivity index (χ3v) is 4.11. The summed E-state index contributed by atoms with van der Waals surface area (Å²) in [5.41, 5.74) is 2.46. The van der Waals surface area contributed by atoms with E-state index in [1.165, 1.54) is 0 Å². The number of anilines is 1. The van der Waals surface area contributed by atoms with Gasteiger partial charge >= 0.3 is 0 Å². The minimum absolute atomic E-state index is 0.116. The van der Waals surface area contributed by atoms with E-state index < -0.39 is 5.41 Å². The van der Waals surface area contributed by atoms with E-state index >= 15 is 0 Å². The molecule has 0 saturated heterocycles. The number of hydrogen-bond donors (Lipinski definition) is 0. The van der Waals surface area contributed by atoms with Crippen LogP contribution >= 0.6 is 0 Å². The summed E-state index contributed by atoms with van der Waals surface area (Å²) >= 11 is 0. The van der Waals surface area contributed by atoms with Gasteiger partial charge in [-0.25, -0.2) is 0 Å². The first kappa shape index (κ1) is 12.7. The van der Waals surface area contributed by atoms with Crippen LogP contribution in [0.15, 0.2) is 67.3 Å².